The molecule has 5 nitrogen and oxygen atoms in total. The van der Waals surface area contributed by atoms with Crippen LogP contribution in [0.25, 0.3) is 0 Å². The van der Waals surface area contributed by atoms with Gasteiger partial charge in [-0.25, -0.2) is 4.79 Å². The van der Waals surface area contributed by atoms with Gasteiger partial charge in [-0.05, 0) is 6.92 Å². The van der Waals surface area contributed by atoms with Gasteiger partial charge < -0.3 is 14.2 Å². The summed E-state index contributed by atoms with van der Waals surface area (Å²) >= 11 is 1.33. The summed E-state index contributed by atoms with van der Waals surface area (Å²) in [5.74, 6) is -0.454. The van der Waals surface area contributed by atoms with Crippen LogP contribution in [0.1, 0.15) is 20.1 Å². The number of aryl methyl sites for hydroxylation is 1. The molecule has 0 unspecified atom stereocenters. The normalized spacial score (nSPS) is 9.88. The van der Waals surface area contributed by atoms with Crippen molar-refractivity contribution < 1.29 is 23.8 Å². The van der Waals surface area contributed by atoms with E-state index in [9.17, 15) is 9.59 Å². The Bertz CT molecular complexity index is 435. The average molecular weight is 258 g/mol. The van der Waals surface area contributed by atoms with Crippen LogP contribution in [0.2, 0.25) is 0 Å². The molecule has 0 bridgehead atoms. The third-order valence-corrected chi connectivity index (χ3v) is 3.31. The van der Waals surface area contributed by atoms with Crippen LogP contribution in [0, 0.1) is 6.92 Å². The minimum absolute atomic E-state index is 0.0375. The molecule has 0 aliphatic rings. The lowest BCUT2D eigenvalue weighted by Crippen LogP contribution is -2.09. The predicted molar refractivity (Wildman–Crippen MR) is 62.7 cm³/mol. The largest absolute Gasteiger partial charge is 0.495 e. The van der Waals surface area contributed by atoms with Gasteiger partial charge in [-0.15, -0.1) is 11.3 Å². The van der Waals surface area contributed by atoms with E-state index in [-0.39, 0.29) is 6.42 Å². The zero-order valence-corrected chi connectivity index (χ0v) is 11.0. The first-order chi connectivity index (χ1) is 8.04. The Hall–Kier alpha value is -1.56. The molecule has 0 saturated carbocycles. The summed E-state index contributed by atoms with van der Waals surface area (Å²) in [7, 11) is 4.07. The maximum Gasteiger partial charge on any atom is 0.342 e. The first-order valence-electron chi connectivity index (χ1n) is 4.86. The molecule has 0 spiro atoms. The minimum atomic E-state index is -0.509. The summed E-state index contributed by atoms with van der Waals surface area (Å²) in [6, 6.07) is 0. The Morgan fingerprint density at radius 3 is 2.29 bits per heavy atom. The van der Waals surface area contributed by atoms with Gasteiger partial charge in [0.25, 0.3) is 0 Å². The maximum atomic E-state index is 11.6. The van der Waals surface area contributed by atoms with Crippen molar-refractivity contribution in [2.75, 3.05) is 21.3 Å². The van der Waals surface area contributed by atoms with Crippen molar-refractivity contribution in [2.45, 2.75) is 13.3 Å². The second-order valence-electron chi connectivity index (χ2n) is 3.23. The van der Waals surface area contributed by atoms with Crippen molar-refractivity contribution in [1.82, 2.24) is 0 Å². The average Bonchev–Trinajstić information content (AvgIpc) is 2.63. The maximum absolute atomic E-state index is 11.6. The van der Waals surface area contributed by atoms with Crippen LogP contribution in [0.5, 0.6) is 5.75 Å². The van der Waals surface area contributed by atoms with Crippen molar-refractivity contribution in [2.24, 2.45) is 0 Å². The van der Waals surface area contributed by atoms with E-state index < -0.39 is 11.9 Å². The first-order valence-corrected chi connectivity index (χ1v) is 5.68. The number of ether oxygens (including phenoxy) is 3. The smallest absolute Gasteiger partial charge is 0.342 e. The number of rotatable bonds is 4. The Labute approximate surface area is 103 Å². The highest BCUT2D eigenvalue weighted by Gasteiger charge is 2.25. The van der Waals surface area contributed by atoms with Gasteiger partial charge in [-0.2, -0.15) is 0 Å². The Morgan fingerprint density at radius 1 is 1.18 bits per heavy atom. The molecular weight excluding hydrogens is 244 g/mol. The molecule has 17 heavy (non-hydrogen) atoms. The van der Waals surface area contributed by atoms with Gasteiger partial charge in [0, 0.05) is 9.75 Å². The number of hydrogen-bond donors (Lipinski definition) is 0. The molecule has 0 aliphatic carbocycles. The molecule has 1 aromatic heterocycles. The number of hydrogen-bond acceptors (Lipinski definition) is 6. The molecule has 1 heterocycles. The Kier molecular flexibility index (Phi) is 4.51. The summed E-state index contributed by atoms with van der Waals surface area (Å²) in [6.07, 6.45) is 0.0375. The van der Waals surface area contributed by atoms with Crippen LogP contribution in [0.4, 0.5) is 0 Å². The highest BCUT2D eigenvalue weighted by atomic mass is 32.1. The summed E-state index contributed by atoms with van der Waals surface area (Å²) < 4.78 is 14.4. The van der Waals surface area contributed by atoms with Crippen molar-refractivity contribution in [3.8, 4) is 5.75 Å². The lowest BCUT2D eigenvalue weighted by atomic mass is 10.2. The standard InChI is InChI=1S/C11H14O5S/c1-6-10(15-3)9(11(13)16-4)7(17-6)5-8(12)14-2/h5H2,1-4H3. The third-order valence-electron chi connectivity index (χ3n) is 2.23. The van der Waals surface area contributed by atoms with Crippen LogP contribution < -0.4 is 4.74 Å². The molecule has 0 aliphatic heterocycles. The zero-order valence-electron chi connectivity index (χ0n) is 10.2. The fourth-order valence-electron chi connectivity index (χ4n) is 1.47. The van der Waals surface area contributed by atoms with E-state index in [1.165, 1.54) is 32.7 Å². The van der Waals surface area contributed by atoms with E-state index in [1.54, 1.807) is 0 Å². The number of esters is 2. The highest BCUT2D eigenvalue weighted by Crippen LogP contribution is 2.35. The highest BCUT2D eigenvalue weighted by molar-refractivity contribution is 7.12. The summed E-state index contributed by atoms with van der Waals surface area (Å²) in [5.41, 5.74) is 0.308. The summed E-state index contributed by atoms with van der Waals surface area (Å²) in [4.78, 5) is 24.3. The lowest BCUT2D eigenvalue weighted by Gasteiger charge is -2.04. The van der Waals surface area contributed by atoms with E-state index in [2.05, 4.69) is 9.47 Å². The fourth-order valence-corrected chi connectivity index (χ4v) is 2.58. The van der Waals surface area contributed by atoms with E-state index in [4.69, 9.17) is 4.74 Å². The van der Waals surface area contributed by atoms with Crippen molar-refractivity contribution in [3.63, 3.8) is 0 Å². The monoisotopic (exact) mass is 258 g/mol. The van der Waals surface area contributed by atoms with Gasteiger partial charge in [0.2, 0.25) is 0 Å². The molecule has 0 amide bonds. The van der Waals surface area contributed by atoms with Gasteiger partial charge in [0.15, 0.2) is 0 Å². The molecule has 0 fully saturated rings. The predicted octanol–water partition coefficient (Wildman–Crippen LogP) is 1.57. The van der Waals surface area contributed by atoms with Gasteiger partial charge in [0.1, 0.15) is 11.3 Å². The van der Waals surface area contributed by atoms with Crippen LogP contribution >= 0.6 is 11.3 Å². The Morgan fingerprint density at radius 2 is 1.82 bits per heavy atom. The van der Waals surface area contributed by atoms with Crippen LogP contribution in [-0.2, 0) is 20.7 Å². The Balaban J connectivity index is 3.20. The van der Waals surface area contributed by atoms with Gasteiger partial charge >= 0.3 is 11.9 Å². The lowest BCUT2D eigenvalue weighted by molar-refractivity contribution is -0.139. The van der Waals surface area contributed by atoms with E-state index in [0.717, 1.165) is 4.88 Å². The van der Waals surface area contributed by atoms with Gasteiger partial charge in [-0.3, -0.25) is 4.79 Å². The second kappa shape index (κ2) is 5.67. The fraction of sp³-hybridized carbons (Fsp3) is 0.455. The molecule has 0 radical (unpaired) electrons. The van der Waals surface area contributed by atoms with E-state index >= 15 is 0 Å². The molecule has 1 rings (SSSR count). The molecule has 1 aromatic rings. The minimum Gasteiger partial charge on any atom is -0.495 e. The topological polar surface area (TPSA) is 61.8 Å². The van der Waals surface area contributed by atoms with E-state index in [0.29, 0.717) is 16.2 Å². The number of thiophene rings is 1. The summed E-state index contributed by atoms with van der Waals surface area (Å²) in [5, 5.41) is 0. The molecule has 94 valence electrons. The van der Waals surface area contributed by atoms with Crippen molar-refractivity contribution in [1.29, 1.82) is 0 Å². The number of methoxy groups -OCH3 is 3. The van der Waals surface area contributed by atoms with Gasteiger partial charge in [-0.1, -0.05) is 0 Å². The molecular formula is C11H14O5S. The van der Waals surface area contributed by atoms with Crippen LogP contribution in [-0.4, -0.2) is 33.3 Å². The molecule has 0 atom stereocenters. The second-order valence-corrected chi connectivity index (χ2v) is 4.54. The van der Waals surface area contributed by atoms with Crippen LogP contribution in [0.3, 0.4) is 0 Å². The SMILES string of the molecule is COC(=O)Cc1sc(C)c(OC)c1C(=O)OC. The summed E-state index contributed by atoms with van der Waals surface area (Å²) in [6.45, 7) is 1.82. The van der Waals surface area contributed by atoms with E-state index in [1.807, 2.05) is 6.92 Å². The van der Waals surface area contributed by atoms with Gasteiger partial charge in [0.05, 0.1) is 27.8 Å². The zero-order chi connectivity index (χ0) is 13.0. The molecule has 0 aromatic carbocycles. The van der Waals surface area contributed by atoms with Crippen molar-refractivity contribution in [3.05, 3.63) is 15.3 Å². The third kappa shape index (κ3) is 2.76. The quantitative estimate of drug-likeness (QED) is 0.767. The molecule has 0 N–H and O–H groups in total. The molecule has 0 saturated heterocycles. The van der Waals surface area contributed by atoms with Crippen LogP contribution in [0.15, 0.2) is 0 Å². The number of carbonyl (C=O) groups is 2. The first kappa shape index (κ1) is 13.5. The molecule has 6 heteroatoms. The van der Waals surface area contributed by atoms with Crippen molar-refractivity contribution >= 4 is 23.3 Å². The number of carbonyl (C=O) groups excluding carboxylic acids is 2.